The number of anilines is 1. The summed E-state index contributed by atoms with van der Waals surface area (Å²) in [6, 6.07) is 11.1. The van der Waals surface area contributed by atoms with Crippen LogP contribution in [0.15, 0.2) is 61.1 Å². The first-order valence-corrected chi connectivity index (χ1v) is 7.32. The number of aromatic nitrogens is 3. The van der Waals surface area contributed by atoms with Gasteiger partial charge in [-0.15, -0.1) is 0 Å². The number of halogens is 1. The van der Waals surface area contributed by atoms with Crippen LogP contribution in [0, 0.1) is 5.82 Å². The maximum atomic E-state index is 13.6. The van der Waals surface area contributed by atoms with Crippen LogP contribution >= 0.6 is 0 Å². The van der Waals surface area contributed by atoms with Gasteiger partial charge in [0.1, 0.15) is 0 Å². The van der Waals surface area contributed by atoms with E-state index in [9.17, 15) is 9.18 Å². The smallest absolute Gasteiger partial charge is 0.265 e. The number of amides is 1. The number of nitrogens with one attached hydrogen (secondary N) is 1. The van der Waals surface area contributed by atoms with E-state index in [1.807, 2.05) is 0 Å². The molecule has 0 aliphatic carbocycles. The highest BCUT2D eigenvalue weighted by molar-refractivity contribution is 5.95. The largest absolute Gasteiger partial charge is 0.478 e. The molecular formula is C17H15FN4O2. The third-order valence-electron chi connectivity index (χ3n) is 3.28. The van der Waals surface area contributed by atoms with E-state index in [-0.39, 0.29) is 5.75 Å². The van der Waals surface area contributed by atoms with Crippen molar-refractivity contribution in [2.75, 3.05) is 5.32 Å². The summed E-state index contributed by atoms with van der Waals surface area (Å²) in [5.41, 5.74) is 0.482. The molecule has 1 N–H and O–H groups in total. The summed E-state index contributed by atoms with van der Waals surface area (Å²) in [5, 5.41) is 6.83. The lowest BCUT2D eigenvalue weighted by molar-refractivity contribution is -0.122. The average Bonchev–Trinajstić information content (AvgIpc) is 3.11. The van der Waals surface area contributed by atoms with Gasteiger partial charge in [0.25, 0.3) is 5.91 Å². The normalized spacial score (nSPS) is 11.8. The van der Waals surface area contributed by atoms with Crippen molar-refractivity contribution in [3.63, 3.8) is 0 Å². The molecule has 2 heterocycles. The molecule has 7 heteroatoms. The third-order valence-corrected chi connectivity index (χ3v) is 3.28. The molecule has 0 saturated heterocycles. The predicted octanol–water partition coefficient (Wildman–Crippen LogP) is 2.81. The molecule has 0 bridgehead atoms. The van der Waals surface area contributed by atoms with Crippen molar-refractivity contribution < 1.29 is 13.9 Å². The molecule has 1 aromatic carbocycles. The van der Waals surface area contributed by atoms with Crippen molar-refractivity contribution >= 4 is 11.6 Å². The molecule has 3 aromatic rings. The lowest BCUT2D eigenvalue weighted by Crippen LogP contribution is -2.31. The molecule has 0 aliphatic rings. The minimum atomic E-state index is -0.882. The zero-order valence-corrected chi connectivity index (χ0v) is 12.9. The van der Waals surface area contributed by atoms with Gasteiger partial charge in [0.05, 0.1) is 5.69 Å². The highest BCUT2D eigenvalue weighted by Crippen LogP contribution is 2.19. The zero-order valence-electron chi connectivity index (χ0n) is 12.9. The summed E-state index contributed by atoms with van der Waals surface area (Å²) in [6.07, 6.45) is 4.06. The molecule has 6 nitrogen and oxygen atoms in total. The minimum absolute atomic E-state index is 0.0265. The number of pyridine rings is 1. The van der Waals surface area contributed by atoms with Crippen LogP contribution in [-0.4, -0.2) is 26.8 Å². The second-order valence-electron chi connectivity index (χ2n) is 5.00. The summed E-state index contributed by atoms with van der Waals surface area (Å²) >= 11 is 0. The topological polar surface area (TPSA) is 69.0 Å². The monoisotopic (exact) mass is 326 g/mol. The van der Waals surface area contributed by atoms with Crippen LogP contribution in [0.1, 0.15) is 6.92 Å². The average molecular weight is 326 g/mol. The van der Waals surface area contributed by atoms with Crippen molar-refractivity contribution in [1.29, 1.82) is 0 Å². The van der Waals surface area contributed by atoms with Crippen LogP contribution in [0.25, 0.3) is 5.82 Å². The minimum Gasteiger partial charge on any atom is -0.478 e. The Balaban J connectivity index is 1.75. The van der Waals surface area contributed by atoms with Gasteiger partial charge in [0.15, 0.2) is 23.5 Å². The molecule has 1 atom stereocenters. The van der Waals surface area contributed by atoms with Crippen LogP contribution in [0.2, 0.25) is 0 Å². The summed E-state index contributed by atoms with van der Waals surface area (Å²) in [4.78, 5) is 16.6. The van der Waals surface area contributed by atoms with Crippen LogP contribution < -0.4 is 10.1 Å². The van der Waals surface area contributed by atoms with Crippen molar-refractivity contribution in [2.24, 2.45) is 0 Å². The first-order chi connectivity index (χ1) is 11.6. The molecule has 0 fully saturated rings. The maximum absolute atomic E-state index is 13.6. The Morgan fingerprint density at radius 2 is 2.04 bits per heavy atom. The van der Waals surface area contributed by atoms with Crippen LogP contribution in [0.5, 0.6) is 5.75 Å². The predicted molar refractivity (Wildman–Crippen MR) is 86.5 cm³/mol. The fraction of sp³-hybridized carbons (Fsp3) is 0.118. The summed E-state index contributed by atoms with van der Waals surface area (Å²) in [5.74, 6) is -0.428. The molecule has 1 amide bonds. The molecular weight excluding hydrogens is 311 g/mol. The molecule has 122 valence electrons. The highest BCUT2D eigenvalue weighted by Gasteiger charge is 2.18. The van der Waals surface area contributed by atoms with Gasteiger partial charge in [-0.25, -0.2) is 14.1 Å². The number of hydrogen-bond acceptors (Lipinski definition) is 4. The van der Waals surface area contributed by atoms with Gasteiger partial charge in [-0.05, 0) is 37.3 Å². The number of hydrogen-bond donors (Lipinski definition) is 1. The number of rotatable bonds is 5. The Kier molecular flexibility index (Phi) is 4.51. The van der Waals surface area contributed by atoms with Crippen molar-refractivity contribution in [2.45, 2.75) is 13.0 Å². The first kappa shape index (κ1) is 15.7. The Morgan fingerprint density at radius 1 is 1.21 bits per heavy atom. The van der Waals surface area contributed by atoms with E-state index < -0.39 is 17.8 Å². The molecule has 2 aromatic heterocycles. The molecule has 0 spiro atoms. The number of benzene rings is 1. The second-order valence-corrected chi connectivity index (χ2v) is 5.00. The molecule has 0 aliphatic heterocycles. The van der Waals surface area contributed by atoms with E-state index in [1.54, 1.807) is 55.8 Å². The van der Waals surface area contributed by atoms with E-state index in [1.165, 1.54) is 16.8 Å². The quantitative estimate of drug-likeness (QED) is 0.783. The van der Waals surface area contributed by atoms with E-state index in [4.69, 9.17) is 4.74 Å². The van der Waals surface area contributed by atoms with E-state index in [0.29, 0.717) is 11.5 Å². The number of ether oxygens (including phenoxy) is 1. The van der Waals surface area contributed by atoms with Gasteiger partial charge in [0.2, 0.25) is 0 Å². The van der Waals surface area contributed by atoms with Gasteiger partial charge in [-0.2, -0.15) is 5.10 Å². The standard InChI is InChI=1S/C17H15FN4O2/c1-12(24-15-8-3-2-6-13(15)18)17(23)21-14-7-4-9-19-16(14)22-11-5-10-20-22/h2-12H,1H3,(H,21,23)/t12-/m1/s1. The number of carbonyl (C=O) groups is 1. The molecule has 0 unspecified atom stereocenters. The van der Waals surface area contributed by atoms with Gasteiger partial charge in [-0.1, -0.05) is 12.1 Å². The van der Waals surface area contributed by atoms with Gasteiger partial charge < -0.3 is 10.1 Å². The summed E-state index contributed by atoms with van der Waals surface area (Å²) < 4.78 is 20.5. The fourth-order valence-electron chi connectivity index (χ4n) is 2.09. The molecule has 0 saturated carbocycles. The summed E-state index contributed by atoms with van der Waals surface area (Å²) in [7, 11) is 0. The molecule has 3 rings (SSSR count). The zero-order chi connectivity index (χ0) is 16.9. The number of nitrogens with zero attached hydrogens (tertiary/aromatic N) is 3. The Hall–Kier alpha value is -3.22. The fourth-order valence-corrected chi connectivity index (χ4v) is 2.09. The maximum Gasteiger partial charge on any atom is 0.265 e. The SMILES string of the molecule is C[C@@H](Oc1ccccc1F)C(=O)Nc1cccnc1-n1cccn1. The van der Waals surface area contributed by atoms with Crippen LogP contribution in [-0.2, 0) is 4.79 Å². The number of para-hydroxylation sites is 1. The Labute approximate surface area is 137 Å². The molecule has 24 heavy (non-hydrogen) atoms. The second kappa shape index (κ2) is 6.91. The van der Waals surface area contributed by atoms with Gasteiger partial charge in [0, 0.05) is 18.6 Å². The van der Waals surface area contributed by atoms with Gasteiger partial charge in [-0.3, -0.25) is 4.79 Å². The lowest BCUT2D eigenvalue weighted by atomic mass is 10.3. The van der Waals surface area contributed by atoms with Crippen LogP contribution in [0.3, 0.4) is 0 Å². The van der Waals surface area contributed by atoms with E-state index in [2.05, 4.69) is 15.4 Å². The lowest BCUT2D eigenvalue weighted by Gasteiger charge is -2.16. The first-order valence-electron chi connectivity index (χ1n) is 7.32. The Morgan fingerprint density at radius 3 is 2.79 bits per heavy atom. The van der Waals surface area contributed by atoms with Crippen LogP contribution in [0.4, 0.5) is 10.1 Å². The van der Waals surface area contributed by atoms with Crippen molar-refractivity contribution in [3.05, 3.63) is 66.9 Å². The molecule has 0 radical (unpaired) electrons. The number of carbonyl (C=O) groups excluding carboxylic acids is 1. The van der Waals surface area contributed by atoms with Gasteiger partial charge >= 0.3 is 0 Å². The Bertz CT molecular complexity index is 836. The van der Waals surface area contributed by atoms with E-state index >= 15 is 0 Å². The third kappa shape index (κ3) is 3.40. The highest BCUT2D eigenvalue weighted by atomic mass is 19.1. The van der Waals surface area contributed by atoms with Crippen molar-refractivity contribution in [3.8, 4) is 11.6 Å². The summed E-state index contributed by atoms with van der Waals surface area (Å²) in [6.45, 7) is 1.55. The van der Waals surface area contributed by atoms with Crippen molar-refractivity contribution in [1.82, 2.24) is 14.8 Å². The van der Waals surface area contributed by atoms with E-state index in [0.717, 1.165) is 0 Å².